The summed E-state index contributed by atoms with van der Waals surface area (Å²) in [5.74, 6) is 0.538. The average Bonchev–Trinajstić information content (AvgIpc) is 3.73. The number of hydrogen-bond acceptors (Lipinski definition) is 8. The minimum absolute atomic E-state index is 0.0628. The number of hydrogen-bond donors (Lipinski definition) is 4. The van der Waals surface area contributed by atoms with E-state index in [9.17, 15) is 18.4 Å². The van der Waals surface area contributed by atoms with Gasteiger partial charge in [-0.25, -0.2) is 14.8 Å². The number of aryl methyl sites for hydroxylation is 1. The molecule has 0 radical (unpaired) electrons. The molecule has 0 aliphatic carbocycles. The highest BCUT2D eigenvalue weighted by atomic mass is 19.3. The molecule has 4 N–H and O–H groups in total. The number of nitrogens with one attached hydrogen (secondary N) is 3. The number of halogens is 2. The zero-order valence-electron chi connectivity index (χ0n) is 25.0. The molecule has 238 valence electrons. The number of aromatic nitrogens is 3. The Hall–Kier alpha value is -4.82. The quantitative estimate of drug-likeness (QED) is 0.246. The van der Waals surface area contributed by atoms with Crippen molar-refractivity contribution in [2.45, 2.75) is 26.0 Å². The topological polar surface area (TPSA) is 136 Å². The van der Waals surface area contributed by atoms with Gasteiger partial charge >= 0.3 is 12.6 Å². The highest BCUT2D eigenvalue weighted by Gasteiger charge is 2.27. The van der Waals surface area contributed by atoms with E-state index in [0.29, 0.717) is 43.2 Å². The van der Waals surface area contributed by atoms with Crippen molar-refractivity contribution >= 4 is 29.1 Å². The number of urea groups is 1. The van der Waals surface area contributed by atoms with Crippen LogP contribution in [0, 0.1) is 6.92 Å². The van der Waals surface area contributed by atoms with Crippen LogP contribution in [0.4, 0.5) is 25.1 Å². The Labute approximate surface area is 259 Å². The van der Waals surface area contributed by atoms with Gasteiger partial charge in [0.15, 0.2) is 11.5 Å². The molecule has 0 bridgehead atoms. The van der Waals surface area contributed by atoms with Gasteiger partial charge in [0.1, 0.15) is 5.75 Å². The summed E-state index contributed by atoms with van der Waals surface area (Å²) in [5, 5.41) is 16.6. The molecular weight excluding hydrogens is 586 g/mol. The Balaban J connectivity index is 0.00000196. The second-order valence-electron chi connectivity index (χ2n) is 10.6. The van der Waals surface area contributed by atoms with E-state index in [2.05, 4.69) is 30.7 Å². The van der Waals surface area contributed by atoms with Crippen LogP contribution in [-0.4, -0.2) is 100 Å². The molecular formula is C31H36F2N8O4. The van der Waals surface area contributed by atoms with Gasteiger partial charge in [-0.3, -0.25) is 9.20 Å². The van der Waals surface area contributed by atoms with E-state index >= 15 is 0 Å². The SMILES string of the molecule is CO.Cc1cc(Nc2nccn3c(-c4ccc(OC(F)F)cc4)cnc23)ccc1C(=O)N1CCN(C(=O)NC2CCNC2)CC1. The van der Waals surface area contributed by atoms with Crippen LogP contribution in [0.15, 0.2) is 61.1 Å². The van der Waals surface area contributed by atoms with Crippen LogP contribution < -0.4 is 20.7 Å². The molecule has 0 saturated carbocycles. The normalized spacial score (nSPS) is 16.4. The Kier molecular flexibility index (Phi) is 10.0. The van der Waals surface area contributed by atoms with Gasteiger partial charge in [0.05, 0.1) is 11.9 Å². The summed E-state index contributed by atoms with van der Waals surface area (Å²) in [7, 11) is 1.00. The summed E-state index contributed by atoms with van der Waals surface area (Å²) in [6.07, 6.45) is 6.03. The highest BCUT2D eigenvalue weighted by Crippen LogP contribution is 2.28. The van der Waals surface area contributed by atoms with Crippen LogP contribution in [0.1, 0.15) is 22.3 Å². The Morgan fingerprint density at radius 1 is 1.04 bits per heavy atom. The van der Waals surface area contributed by atoms with E-state index in [4.69, 9.17) is 5.11 Å². The van der Waals surface area contributed by atoms with Crippen molar-refractivity contribution in [3.63, 3.8) is 0 Å². The van der Waals surface area contributed by atoms with E-state index in [0.717, 1.165) is 49.1 Å². The molecule has 2 fully saturated rings. The van der Waals surface area contributed by atoms with Crippen molar-refractivity contribution in [1.29, 1.82) is 0 Å². The number of piperazine rings is 1. The first kappa shape index (κ1) is 31.6. The first-order valence-corrected chi connectivity index (χ1v) is 14.6. The zero-order valence-corrected chi connectivity index (χ0v) is 25.0. The fourth-order valence-corrected chi connectivity index (χ4v) is 5.47. The minimum Gasteiger partial charge on any atom is -0.435 e. The molecule has 45 heavy (non-hydrogen) atoms. The van der Waals surface area contributed by atoms with Gasteiger partial charge in [-0.2, -0.15) is 8.78 Å². The molecule has 4 aromatic rings. The Morgan fingerprint density at radius 2 is 1.78 bits per heavy atom. The Bertz CT molecular complexity index is 1620. The maximum absolute atomic E-state index is 13.3. The molecule has 1 unspecified atom stereocenters. The fourth-order valence-electron chi connectivity index (χ4n) is 5.47. The maximum Gasteiger partial charge on any atom is 0.387 e. The number of rotatable bonds is 7. The van der Waals surface area contributed by atoms with E-state index in [1.807, 2.05) is 23.5 Å². The lowest BCUT2D eigenvalue weighted by Crippen LogP contribution is -2.54. The molecule has 1 atom stereocenters. The molecule has 2 saturated heterocycles. The lowest BCUT2D eigenvalue weighted by atomic mass is 10.1. The van der Waals surface area contributed by atoms with Gasteiger partial charge < -0.3 is 35.6 Å². The fraction of sp³-hybridized carbons (Fsp3) is 0.355. The average molecular weight is 623 g/mol. The molecule has 2 aromatic heterocycles. The summed E-state index contributed by atoms with van der Waals surface area (Å²) >= 11 is 0. The largest absolute Gasteiger partial charge is 0.435 e. The summed E-state index contributed by atoms with van der Waals surface area (Å²) in [6.45, 7) is 2.65. The second-order valence-corrected chi connectivity index (χ2v) is 10.6. The first-order chi connectivity index (χ1) is 21.9. The van der Waals surface area contributed by atoms with Crippen LogP contribution in [-0.2, 0) is 0 Å². The maximum atomic E-state index is 13.3. The summed E-state index contributed by atoms with van der Waals surface area (Å²) in [6, 6.07) is 12.0. The van der Waals surface area contributed by atoms with Crippen LogP contribution in [0.25, 0.3) is 16.9 Å². The highest BCUT2D eigenvalue weighted by molar-refractivity contribution is 5.96. The van der Waals surface area contributed by atoms with E-state index < -0.39 is 6.61 Å². The number of fused-ring (bicyclic) bond motifs is 1. The number of aliphatic hydroxyl groups excluding tert-OH is 1. The van der Waals surface area contributed by atoms with Gasteiger partial charge in [-0.05, 0) is 67.9 Å². The third kappa shape index (κ3) is 7.29. The van der Waals surface area contributed by atoms with Crippen molar-refractivity contribution in [2.24, 2.45) is 0 Å². The molecule has 2 aliphatic heterocycles. The number of imidazole rings is 1. The van der Waals surface area contributed by atoms with Gasteiger partial charge in [0.2, 0.25) is 0 Å². The van der Waals surface area contributed by atoms with E-state index in [1.54, 1.807) is 46.6 Å². The van der Waals surface area contributed by atoms with Crippen molar-refractivity contribution in [3.8, 4) is 17.0 Å². The zero-order chi connectivity index (χ0) is 31.9. The lowest BCUT2D eigenvalue weighted by Gasteiger charge is -2.35. The number of carbonyl (C=O) groups excluding carboxylic acids is 2. The summed E-state index contributed by atoms with van der Waals surface area (Å²) < 4.78 is 31.3. The number of ether oxygens (including phenoxy) is 1. The van der Waals surface area contributed by atoms with E-state index in [1.165, 1.54) is 12.1 Å². The lowest BCUT2D eigenvalue weighted by molar-refractivity contribution is -0.0498. The van der Waals surface area contributed by atoms with Crippen LogP contribution in [0.3, 0.4) is 0 Å². The van der Waals surface area contributed by atoms with Crippen molar-refractivity contribution < 1.29 is 28.2 Å². The molecule has 6 rings (SSSR count). The molecule has 14 heteroatoms. The third-order valence-corrected chi connectivity index (χ3v) is 7.76. The molecule has 12 nitrogen and oxygen atoms in total. The van der Waals surface area contributed by atoms with Gasteiger partial charge in [-0.15, -0.1) is 0 Å². The smallest absolute Gasteiger partial charge is 0.387 e. The van der Waals surface area contributed by atoms with Crippen molar-refractivity contribution in [2.75, 3.05) is 51.7 Å². The first-order valence-electron chi connectivity index (χ1n) is 14.6. The third-order valence-electron chi connectivity index (χ3n) is 7.76. The molecule has 0 spiro atoms. The van der Waals surface area contributed by atoms with Crippen LogP contribution >= 0.6 is 0 Å². The number of amides is 3. The minimum atomic E-state index is -2.88. The number of alkyl halides is 2. The molecule has 4 heterocycles. The van der Waals surface area contributed by atoms with Crippen molar-refractivity contribution in [3.05, 3.63) is 72.2 Å². The molecule has 2 aliphatic rings. The molecule has 3 amide bonds. The van der Waals surface area contributed by atoms with Gasteiger partial charge in [0.25, 0.3) is 5.91 Å². The summed E-state index contributed by atoms with van der Waals surface area (Å²) in [5.41, 5.74) is 4.27. The summed E-state index contributed by atoms with van der Waals surface area (Å²) in [4.78, 5) is 38.5. The Morgan fingerprint density at radius 3 is 2.44 bits per heavy atom. The number of carbonyl (C=O) groups is 2. The standard InChI is InChI=1S/C30H32F2N8O3.CH4O/c1-19-16-21(4-7-24(19)28(41)38-12-14-39(15-13-38)30(42)37-22-8-9-33-17-22)36-26-27-35-18-25(40(27)11-10-34-26)20-2-5-23(6-3-20)43-29(31)32;1-2/h2-7,10-11,16,18,22,29,33H,8-9,12-15,17H2,1H3,(H,34,36)(H,37,42);2H,1H3. The van der Waals surface area contributed by atoms with Crippen LogP contribution in [0.5, 0.6) is 5.75 Å². The number of nitrogens with zero attached hydrogens (tertiary/aromatic N) is 5. The van der Waals surface area contributed by atoms with Gasteiger partial charge in [0, 0.05) is 75.1 Å². The second kappa shape index (κ2) is 14.3. The monoisotopic (exact) mass is 622 g/mol. The predicted octanol–water partition coefficient (Wildman–Crippen LogP) is 3.49. The molecule has 2 aromatic carbocycles. The van der Waals surface area contributed by atoms with Crippen LogP contribution in [0.2, 0.25) is 0 Å². The van der Waals surface area contributed by atoms with Crippen molar-refractivity contribution in [1.82, 2.24) is 34.8 Å². The van der Waals surface area contributed by atoms with E-state index in [-0.39, 0.29) is 23.7 Å². The predicted molar refractivity (Wildman–Crippen MR) is 165 cm³/mol. The number of anilines is 2. The number of aliphatic hydroxyl groups is 1. The van der Waals surface area contributed by atoms with Gasteiger partial charge in [-0.1, -0.05) is 0 Å². The number of benzene rings is 2.